The molecule has 0 aliphatic rings. The summed E-state index contributed by atoms with van der Waals surface area (Å²) in [5.41, 5.74) is 7.79. The number of aliphatic hydroxyl groups excluding tert-OH is 1. The van der Waals surface area contributed by atoms with Gasteiger partial charge in [0.15, 0.2) is 0 Å². The molecule has 0 saturated carbocycles. The van der Waals surface area contributed by atoms with Crippen molar-refractivity contribution < 1.29 is 5.11 Å². The standard InChI is InChI=1S/C13H15NOS/c14-8-12(10-4-2-1-3-5-10)13(15)11-6-7-16-9-11/h1-7,9,12-13,15H,8,14H2. The van der Waals surface area contributed by atoms with Crippen molar-refractivity contribution in [1.82, 2.24) is 0 Å². The van der Waals surface area contributed by atoms with E-state index in [1.165, 1.54) is 0 Å². The van der Waals surface area contributed by atoms with Crippen LogP contribution in [0.5, 0.6) is 0 Å². The average Bonchev–Trinajstić information content (AvgIpc) is 2.85. The highest BCUT2D eigenvalue weighted by atomic mass is 32.1. The molecule has 3 N–H and O–H groups in total. The first-order chi connectivity index (χ1) is 7.83. The zero-order chi connectivity index (χ0) is 11.4. The molecule has 16 heavy (non-hydrogen) atoms. The third-order valence-corrected chi connectivity index (χ3v) is 3.45. The molecule has 2 aromatic rings. The Labute approximate surface area is 99.4 Å². The fourth-order valence-corrected chi connectivity index (χ4v) is 2.51. The maximum absolute atomic E-state index is 10.2. The van der Waals surface area contributed by atoms with Crippen molar-refractivity contribution in [2.45, 2.75) is 12.0 Å². The molecular weight excluding hydrogens is 218 g/mol. The van der Waals surface area contributed by atoms with Crippen molar-refractivity contribution in [2.75, 3.05) is 6.54 Å². The Balaban J connectivity index is 2.23. The lowest BCUT2D eigenvalue weighted by atomic mass is 9.90. The van der Waals surface area contributed by atoms with E-state index in [0.717, 1.165) is 11.1 Å². The molecule has 1 aromatic heterocycles. The Morgan fingerprint density at radius 1 is 1.12 bits per heavy atom. The smallest absolute Gasteiger partial charge is 0.0878 e. The number of benzene rings is 1. The summed E-state index contributed by atoms with van der Waals surface area (Å²) in [5.74, 6) is -0.0317. The lowest BCUT2D eigenvalue weighted by Gasteiger charge is -2.21. The van der Waals surface area contributed by atoms with Crippen LogP contribution in [0.25, 0.3) is 0 Å². The predicted octanol–water partition coefficient (Wildman–Crippen LogP) is 2.52. The third kappa shape index (κ3) is 2.32. The minimum Gasteiger partial charge on any atom is -0.388 e. The van der Waals surface area contributed by atoms with Gasteiger partial charge in [0.2, 0.25) is 0 Å². The van der Waals surface area contributed by atoms with Crippen LogP contribution in [0.1, 0.15) is 23.1 Å². The largest absolute Gasteiger partial charge is 0.388 e. The number of aliphatic hydroxyl groups is 1. The van der Waals surface area contributed by atoms with Gasteiger partial charge in [-0.05, 0) is 28.0 Å². The third-order valence-electron chi connectivity index (χ3n) is 2.75. The van der Waals surface area contributed by atoms with Crippen LogP contribution < -0.4 is 5.73 Å². The van der Waals surface area contributed by atoms with Crippen LogP contribution in [-0.4, -0.2) is 11.7 Å². The number of thiophene rings is 1. The summed E-state index contributed by atoms with van der Waals surface area (Å²) in [7, 11) is 0. The Morgan fingerprint density at radius 3 is 2.44 bits per heavy atom. The van der Waals surface area contributed by atoms with Crippen LogP contribution >= 0.6 is 11.3 Å². The fourth-order valence-electron chi connectivity index (χ4n) is 1.82. The molecule has 1 heterocycles. The summed E-state index contributed by atoms with van der Waals surface area (Å²) in [5, 5.41) is 14.2. The Morgan fingerprint density at radius 2 is 1.88 bits per heavy atom. The first-order valence-corrected chi connectivity index (χ1v) is 6.22. The molecule has 1 aromatic carbocycles. The van der Waals surface area contributed by atoms with Gasteiger partial charge in [-0.15, -0.1) is 0 Å². The first kappa shape index (κ1) is 11.3. The van der Waals surface area contributed by atoms with Gasteiger partial charge in [-0.2, -0.15) is 11.3 Å². The van der Waals surface area contributed by atoms with Gasteiger partial charge in [0.05, 0.1) is 6.10 Å². The maximum atomic E-state index is 10.2. The Hall–Kier alpha value is -1.16. The van der Waals surface area contributed by atoms with Crippen LogP contribution in [0.2, 0.25) is 0 Å². The molecule has 2 atom stereocenters. The van der Waals surface area contributed by atoms with E-state index in [0.29, 0.717) is 6.54 Å². The van der Waals surface area contributed by atoms with Crippen LogP contribution in [0.4, 0.5) is 0 Å². The molecule has 0 radical (unpaired) electrons. The van der Waals surface area contributed by atoms with Gasteiger partial charge in [0.25, 0.3) is 0 Å². The SMILES string of the molecule is NCC(c1ccccc1)C(O)c1ccsc1. The second kappa shape index (κ2) is 5.25. The van der Waals surface area contributed by atoms with E-state index in [1.54, 1.807) is 11.3 Å². The lowest BCUT2D eigenvalue weighted by molar-refractivity contribution is 0.148. The average molecular weight is 233 g/mol. The number of nitrogens with two attached hydrogens (primary N) is 1. The predicted molar refractivity (Wildman–Crippen MR) is 67.5 cm³/mol. The van der Waals surface area contributed by atoms with E-state index in [9.17, 15) is 5.11 Å². The Kier molecular flexibility index (Phi) is 3.72. The summed E-state index contributed by atoms with van der Waals surface area (Å²) in [6.45, 7) is 0.445. The molecule has 0 fully saturated rings. The van der Waals surface area contributed by atoms with Crippen molar-refractivity contribution in [1.29, 1.82) is 0 Å². The normalized spacial score (nSPS) is 14.6. The molecule has 0 amide bonds. The zero-order valence-electron chi connectivity index (χ0n) is 8.91. The van der Waals surface area contributed by atoms with Crippen molar-refractivity contribution >= 4 is 11.3 Å². The molecule has 2 rings (SSSR count). The van der Waals surface area contributed by atoms with Crippen LogP contribution in [-0.2, 0) is 0 Å². The monoisotopic (exact) mass is 233 g/mol. The van der Waals surface area contributed by atoms with Crippen molar-refractivity contribution in [3.8, 4) is 0 Å². The molecule has 2 unspecified atom stereocenters. The van der Waals surface area contributed by atoms with Gasteiger partial charge in [0.1, 0.15) is 0 Å². The molecular formula is C13H15NOS. The van der Waals surface area contributed by atoms with Gasteiger partial charge in [-0.3, -0.25) is 0 Å². The van der Waals surface area contributed by atoms with Crippen LogP contribution in [0.3, 0.4) is 0 Å². The van der Waals surface area contributed by atoms with E-state index >= 15 is 0 Å². The molecule has 0 spiro atoms. The van der Waals surface area contributed by atoms with Gasteiger partial charge < -0.3 is 10.8 Å². The molecule has 0 saturated heterocycles. The maximum Gasteiger partial charge on any atom is 0.0878 e. The van der Waals surface area contributed by atoms with Crippen LogP contribution in [0.15, 0.2) is 47.2 Å². The van der Waals surface area contributed by atoms with E-state index in [4.69, 9.17) is 5.73 Å². The highest BCUT2D eigenvalue weighted by Gasteiger charge is 2.21. The quantitative estimate of drug-likeness (QED) is 0.852. The van der Waals surface area contributed by atoms with Crippen LogP contribution in [0, 0.1) is 0 Å². The Bertz CT molecular complexity index is 413. The summed E-state index contributed by atoms with van der Waals surface area (Å²) >= 11 is 1.59. The van der Waals surface area contributed by atoms with E-state index in [1.807, 2.05) is 47.2 Å². The van der Waals surface area contributed by atoms with Gasteiger partial charge in [-0.1, -0.05) is 30.3 Å². The van der Waals surface area contributed by atoms with E-state index in [-0.39, 0.29) is 5.92 Å². The number of hydrogen-bond donors (Lipinski definition) is 2. The van der Waals surface area contributed by atoms with Gasteiger partial charge in [-0.25, -0.2) is 0 Å². The molecule has 84 valence electrons. The molecule has 3 heteroatoms. The lowest BCUT2D eigenvalue weighted by Crippen LogP contribution is -2.19. The highest BCUT2D eigenvalue weighted by Crippen LogP contribution is 2.30. The van der Waals surface area contributed by atoms with Gasteiger partial charge >= 0.3 is 0 Å². The molecule has 0 bridgehead atoms. The number of rotatable bonds is 4. The van der Waals surface area contributed by atoms with Crippen molar-refractivity contribution in [2.24, 2.45) is 5.73 Å². The first-order valence-electron chi connectivity index (χ1n) is 5.28. The minimum atomic E-state index is -0.515. The minimum absolute atomic E-state index is 0.0317. The molecule has 0 aliphatic heterocycles. The number of hydrogen-bond acceptors (Lipinski definition) is 3. The van der Waals surface area contributed by atoms with E-state index < -0.39 is 6.10 Å². The second-order valence-electron chi connectivity index (χ2n) is 3.75. The molecule has 2 nitrogen and oxygen atoms in total. The highest BCUT2D eigenvalue weighted by molar-refractivity contribution is 7.07. The molecule has 0 aliphatic carbocycles. The zero-order valence-corrected chi connectivity index (χ0v) is 9.73. The fraction of sp³-hybridized carbons (Fsp3) is 0.231. The summed E-state index contributed by atoms with van der Waals surface area (Å²) in [6, 6.07) is 11.9. The second-order valence-corrected chi connectivity index (χ2v) is 4.53. The van der Waals surface area contributed by atoms with E-state index in [2.05, 4.69) is 0 Å². The summed E-state index contributed by atoms with van der Waals surface area (Å²) in [4.78, 5) is 0. The van der Waals surface area contributed by atoms with Crippen molar-refractivity contribution in [3.63, 3.8) is 0 Å². The summed E-state index contributed by atoms with van der Waals surface area (Å²) in [6.07, 6.45) is -0.515. The summed E-state index contributed by atoms with van der Waals surface area (Å²) < 4.78 is 0. The van der Waals surface area contributed by atoms with Crippen molar-refractivity contribution in [3.05, 3.63) is 58.3 Å². The topological polar surface area (TPSA) is 46.2 Å². The van der Waals surface area contributed by atoms with Gasteiger partial charge in [0, 0.05) is 12.5 Å².